The summed E-state index contributed by atoms with van der Waals surface area (Å²) in [6.45, 7) is 7.20. The Balaban J connectivity index is 2.44. The van der Waals surface area contributed by atoms with Crippen molar-refractivity contribution in [2.45, 2.75) is 39.4 Å². The van der Waals surface area contributed by atoms with Gasteiger partial charge in [0.2, 0.25) is 0 Å². The number of nitro benzene ring substituents is 1. The van der Waals surface area contributed by atoms with Gasteiger partial charge in [0, 0.05) is 28.1 Å². The Labute approximate surface area is 154 Å². The lowest BCUT2D eigenvalue weighted by atomic mass is 10.0. The second-order valence-electron chi connectivity index (χ2n) is 7.53. The molecule has 0 aliphatic rings. The SMILES string of the molecule is Cc1cc2cc(-c3ccccc3C(F)(F)F)n(C(C)(C)C)c2cc1[N+](=O)[O-]. The van der Waals surface area contributed by atoms with Gasteiger partial charge in [-0.2, -0.15) is 13.2 Å². The van der Waals surface area contributed by atoms with E-state index in [1.165, 1.54) is 18.2 Å². The van der Waals surface area contributed by atoms with Crippen LogP contribution in [0.15, 0.2) is 42.5 Å². The lowest BCUT2D eigenvalue weighted by Gasteiger charge is -2.27. The zero-order valence-electron chi connectivity index (χ0n) is 15.4. The van der Waals surface area contributed by atoms with Crippen molar-refractivity contribution >= 4 is 16.6 Å². The van der Waals surface area contributed by atoms with Crippen LogP contribution in [0.4, 0.5) is 18.9 Å². The average molecular weight is 376 g/mol. The Morgan fingerprint density at radius 1 is 1.04 bits per heavy atom. The molecule has 0 fully saturated rings. The van der Waals surface area contributed by atoms with Crippen LogP contribution in [-0.2, 0) is 11.7 Å². The van der Waals surface area contributed by atoms with Gasteiger partial charge in [-0.25, -0.2) is 0 Å². The molecule has 2 aromatic carbocycles. The van der Waals surface area contributed by atoms with Crippen molar-refractivity contribution in [1.82, 2.24) is 4.57 Å². The zero-order chi connectivity index (χ0) is 20.1. The van der Waals surface area contributed by atoms with Crippen LogP contribution in [-0.4, -0.2) is 9.49 Å². The molecule has 0 saturated heterocycles. The van der Waals surface area contributed by atoms with E-state index in [0.29, 0.717) is 22.2 Å². The van der Waals surface area contributed by atoms with E-state index in [9.17, 15) is 23.3 Å². The van der Waals surface area contributed by atoms with E-state index in [1.807, 2.05) is 20.8 Å². The van der Waals surface area contributed by atoms with Crippen LogP contribution in [0, 0.1) is 17.0 Å². The summed E-state index contributed by atoms with van der Waals surface area (Å²) < 4.78 is 42.4. The van der Waals surface area contributed by atoms with E-state index in [2.05, 4.69) is 0 Å². The standard InChI is InChI=1S/C20H19F3N2O2/c1-12-9-13-10-18(14-7-5-6-8-15(14)20(21,22)23)24(19(2,3)4)17(13)11-16(12)25(26)27/h5-11H,1-4H3. The van der Waals surface area contributed by atoms with Crippen LogP contribution < -0.4 is 0 Å². The van der Waals surface area contributed by atoms with Gasteiger partial charge in [-0.1, -0.05) is 18.2 Å². The van der Waals surface area contributed by atoms with E-state index in [4.69, 9.17) is 0 Å². The smallest absolute Gasteiger partial charge is 0.335 e. The molecule has 3 rings (SSSR count). The number of aryl methyl sites for hydroxylation is 1. The number of benzene rings is 2. The van der Waals surface area contributed by atoms with Gasteiger partial charge in [-0.15, -0.1) is 0 Å². The first-order chi connectivity index (χ1) is 12.4. The van der Waals surface area contributed by atoms with E-state index < -0.39 is 22.2 Å². The van der Waals surface area contributed by atoms with Crippen LogP contribution in [0.5, 0.6) is 0 Å². The highest BCUT2D eigenvalue weighted by Gasteiger charge is 2.35. The number of nitro groups is 1. The van der Waals surface area contributed by atoms with Gasteiger partial charge < -0.3 is 4.57 Å². The second-order valence-corrected chi connectivity index (χ2v) is 7.53. The summed E-state index contributed by atoms with van der Waals surface area (Å²) in [6.07, 6.45) is -4.50. The molecule has 0 N–H and O–H groups in total. The highest BCUT2D eigenvalue weighted by Crippen LogP contribution is 2.41. The third-order valence-electron chi connectivity index (χ3n) is 4.50. The number of hydrogen-bond donors (Lipinski definition) is 0. The van der Waals surface area contributed by atoms with E-state index in [0.717, 1.165) is 6.07 Å². The molecule has 0 radical (unpaired) electrons. The Hall–Kier alpha value is -2.83. The van der Waals surface area contributed by atoms with Crippen molar-refractivity contribution in [1.29, 1.82) is 0 Å². The third kappa shape index (κ3) is 3.29. The summed E-state index contributed by atoms with van der Waals surface area (Å²) in [6, 6.07) is 10.1. The Morgan fingerprint density at radius 2 is 1.67 bits per heavy atom. The minimum atomic E-state index is -4.50. The maximum atomic E-state index is 13.6. The number of alkyl halides is 3. The maximum Gasteiger partial charge on any atom is 0.417 e. The van der Waals surface area contributed by atoms with Crippen molar-refractivity contribution in [3.8, 4) is 11.3 Å². The van der Waals surface area contributed by atoms with Gasteiger partial charge in [0.15, 0.2) is 0 Å². The molecule has 142 valence electrons. The molecule has 7 heteroatoms. The third-order valence-corrected chi connectivity index (χ3v) is 4.50. The normalized spacial score (nSPS) is 12.6. The first-order valence-electron chi connectivity index (χ1n) is 8.39. The summed E-state index contributed by atoms with van der Waals surface area (Å²) in [4.78, 5) is 10.9. The summed E-state index contributed by atoms with van der Waals surface area (Å²) in [5.74, 6) is 0. The van der Waals surface area contributed by atoms with Crippen molar-refractivity contribution in [3.05, 3.63) is 63.7 Å². The molecule has 1 aromatic heterocycles. The molecule has 0 amide bonds. The molecule has 27 heavy (non-hydrogen) atoms. The molecule has 0 saturated carbocycles. The van der Waals surface area contributed by atoms with Crippen LogP contribution in [0.25, 0.3) is 22.2 Å². The molecular weight excluding hydrogens is 357 g/mol. The molecule has 1 heterocycles. The Morgan fingerprint density at radius 3 is 2.22 bits per heavy atom. The minimum Gasteiger partial charge on any atom is -0.335 e. The predicted molar refractivity (Wildman–Crippen MR) is 98.8 cm³/mol. The van der Waals surface area contributed by atoms with E-state index in [1.54, 1.807) is 29.7 Å². The number of hydrogen-bond acceptors (Lipinski definition) is 2. The molecule has 0 atom stereocenters. The topological polar surface area (TPSA) is 48.1 Å². The van der Waals surface area contributed by atoms with Crippen LogP contribution in [0.2, 0.25) is 0 Å². The number of aromatic nitrogens is 1. The molecule has 4 nitrogen and oxygen atoms in total. The lowest BCUT2D eigenvalue weighted by Crippen LogP contribution is -2.23. The fourth-order valence-electron chi connectivity index (χ4n) is 3.43. The van der Waals surface area contributed by atoms with Gasteiger partial charge in [-0.3, -0.25) is 10.1 Å². The number of rotatable bonds is 2. The van der Waals surface area contributed by atoms with Crippen molar-refractivity contribution in [2.24, 2.45) is 0 Å². The van der Waals surface area contributed by atoms with Crippen molar-refractivity contribution in [2.75, 3.05) is 0 Å². The molecule has 3 aromatic rings. The second kappa shape index (κ2) is 6.11. The average Bonchev–Trinajstić information content (AvgIpc) is 2.91. The molecule has 0 aliphatic heterocycles. The number of halogens is 3. The van der Waals surface area contributed by atoms with Crippen LogP contribution in [0.1, 0.15) is 31.9 Å². The summed E-state index contributed by atoms with van der Waals surface area (Å²) in [5.41, 5.74) is 0.0628. The van der Waals surface area contributed by atoms with E-state index in [-0.39, 0.29) is 11.3 Å². The molecule has 0 unspecified atom stereocenters. The van der Waals surface area contributed by atoms with Gasteiger partial charge >= 0.3 is 6.18 Å². The maximum absolute atomic E-state index is 13.6. The Bertz CT molecular complexity index is 1040. The first-order valence-corrected chi connectivity index (χ1v) is 8.39. The molecule has 0 spiro atoms. The van der Waals surface area contributed by atoms with Crippen LogP contribution >= 0.6 is 0 Å². The zero-order valence-corrected chi connectivity index (χ0v) is 15.4. The summed E-state index contributed by atoms with van der Waals surface area (Å²) >= 11 is 0. The Kier molecular flexibility index (Phi) is 4.29. The van der Waals surface area contributed by atoms with Gasteiger partial charge in [0.25, 0.3) is 5.69 Å². The number of nitrogens with zero attached hydrogens (tertiary/aromatic N) is 2. The molecule has 0 bridgehead atoms. The minimum absolute atomic E-state index is 0.0523. The predicted octanol–water partition coefficient (Wildman–Crippen LogP) is 6.30. The van der Waals surface area contributed by atoms with E-state index >= 15 is 0 Å². The fourth-order valence-corrected chi connectivity index (χ4v) is 3.43. The monoisotopic (exact) mass is 376 g/mol. The fraction of sp³-hybridized carbons (Fsp3) is 0.300. The van der Waals surface area contributed by atoms with Gasteiger partial charge in [0.1, 0.15) is 0 Å². The largest absolute Gasteiger partial charge is 0.417 e. The highest BCUT2D eigenvalue weighted by molar-refractivity contribution is 5.90. The lowest BCUT2D eigenvalue weighted by molar-refractivity contribution is -0.385. The van der Waals surface area contributed by atoms with Gasteiger partial charge in [0.05, 0.1) is 21.7 Å². The molecule has 0 aliphatic carbocycles. The highest BCUT2D eigenvalue weighted by atomic mass is 19.4. The summed E-state index contributed by atoms with van der Waals surface area (Å²) in [7, 11) is 0. The van der Waals surface area contributed by atoms with Crippen LogP contribution in [0.3, 0.4) is 0 Å². The quantitative estimate of drug-likeness (QED) is 0.389. The molecular formula is C20H19F3N2O2. The van der Waals surface area contributed by atoms with Crippen molar-refractivity contribution in [3.63, 3.8) is 0 Å². The summed E-state index contributed by atoms with van der Waals surface area (Å²) in [5, 5.41) is 12.0. The number of fused-ring (bicyclic) bond motifs is 1. The van der Waals surface area contributed by atoms with Gasteiger partial charge in [-0.05, 0) is 45.9 Å². The first kappa shape index (κ1) is 18.9. The van der Waals surface area contributed by atoms with Crippen molar-refractivity contribution < 1.29 is 18.1 Å².